The lowest BCUT2D eigenvalue weighted by atomic mass is 10.2. The SMILES string of the molecule is Cc1nc(N)c(C#N)c(N[C@@H](C)c2nc3c(F)ccc(F)c3c(=O)n2-c2cccnc2)n1.Cc1nc(N)c(C#N)c(N[C@@H](C)c2nc3cccc(Cl)c3c(=O)n2-c2cncc(N)c2)n1.Cc1nc(N)c(Cl)c(N[C@@H](C)c2nc3c(Cl)cc(F)cc3c(=O)n2-c2ccc(N)nc2)n1.Cc1nc(N)c(Cl)c(N[C@@H](C)c2nc3cccc(Cl)c3c(=O)n2-c2cccnc2)n1. The number of aryl methyl sites for hydroxylation is 4. The third kappa shape index (κ3) is 18.4. The number of nitriles is 2. The zero-order chi connectivity index (χ0) is 90.5. The van der Waals surface area contributed by atoms with Gasteiger partial charge in [0.2, 0.25) is 0 Å². The van der Waals surface area contributed by atoms with Gasteiger partial charge in [-0.1, -0.05) is 70.1 Å². The van der Waals surface area contributed by atoms with Gasteiger partial charge in [0, 0.05) is 18.6 Å². The molecular weight excluding hydrogens is 1730 g/mol. The number of hydrogen-bond donors (Lipinski definition) is 10. The van der Waals surface area contributed by atoms with Crippen molar-refractivity contribution in [3.05, 3.63) is 288 Å². The van der Waals surface area contributed by atoms with E-state index < -0.39 is 63.6 Å². The number of hydrogen-bond acceptors (Lipinski definition) is 32. The van der Waals surface area contributed by atoms with Crippen molar-refractivity contribution in [2.75, 3.05) is 55.7 Å². The van der Waals surface area contributed by atoms with Gasteiger partial charge in [-0.05, 0) is 146 Å². The van der Waals surface area contributed by atoms with Crippen LogP contribution < -0.4 is 77.9 Å². The van der Waals surface area contributed by atoms with E-state index in [2.05, 4.69) is 96.0 Å². The first-order chi connectivity index (χ1) is 60.1. The Balaban J connectivity index is 0.000000144. The van der Waals surface area contributed by atoms with Gasteiger partial charge in [-0.15, -0.1) is 0 Å². The topological polar surface area (TPSA) is 546 Å². The number of aromatic nitrogens is 20. The summed E-state index contributed by atoms with van der Waals surface area (Å²) in [6, 6.07) is 27.1. The highest BCUT2D eigenvalue weighted by Gasteiger charge is 2.29. The van der Waals surface area contributed by atoms with Crippen LogP contribution in [0.15, 0.2) is 166 Å². The minimum absolute atomic E-state index is 0.00767. The second kappa shape index (κ2) is 37.1. The lowest BCUT2D eigenvalue weighted by molar-refractivity contribution is 0.608. The molecule has 0 unspecified atom stereocenters. The van der Waals surface area contributed by atoms with E-state index >= 15 is 0 Å². The maximum atomic E-state index is 14.5. The molecule has 0 aliphatic rings. The largest absolute Gasteiger partial charge is 0.397 e. The fraction of sp³-hybridized carbons (Fsp3) is 0.146. The molecule has 4 atom stereocenters. The number of rotatable bonds is 16. The van der Waals surface area contributed by atoms with E-state index in [1.807, 2.05) is 19.1 Å². The van der Waals surface area contributed by atoms with Crippen LogP contribution >= 0.6 is 58.0 Å². The average Bonchev–Trinajstić information content (AvgIpc) is 0.766. The maximum absolute atomic E-state index is 14.5. The fourth-order valence-corrected chi connectivity index (χ4v) is 14.2. The summed E-state index contributed by atoms with van der Waals surface area (Å²) in [6.07, 6.45) is 10.5. The normalized spacial score (nSPS) is 12.0. The summed E-state index contributed by atoms with van der Waals surface area (Å²) in [6.45, 7) is 13.6. The molecule has 636 valence electrons. The van der Waals surface area contributed by atoms with Gasteiger partial charge in [0.25, 0.3) is 22.2 Å². The lowest BCUT2D eigenvalue weighted by Gasteiger charge is -2.21. The molecular formula is C82H68Cl5F3N32O4. The molecule has 12 heterocycles. The Morgan fingerprint density at radius 3 is 1.24 bits per heavy atom. The van der Waals surface area contributed by atoms with E-state index in [9.17, 15) is 42.9 Å². The van der Waals surface area contributed by atoms with E-state index in [0.717, 1.165) is 28.8 Å². The maximum Gasteiger partial charge on any atom is 0.269 e. The highest BCUT2D eigenvalue weighted by atomic mass is 35.5. The van der Waals surface area contributed by atoms with Crippen molar-refractivity contribution in [1.29, 1.82) is 10.5 Å². The Morgan fingerprint density at radius 2 is 0.794 bits per heavy atom. The molecule has 0 saturated heterocycles. The molecule has 44 heteroatoms. The molecule has 36 nitrogen and oxygen atoms in total. The van der Waals surface area contributed by atoms with Crippen molar-refractivity contribution in [2.45, 2.75) is 79.6 Å². The molecule has 0 aliphatic heterocycles. The number of nitrogen functional groups attached to an aromatic ring is 6. The van der Waals surface area contributed by atoms with Gasteiger partial charge < -0.3 is 55.7 Å². The molecule has 16 rings (SSSR count). The number of anilines is 10. The summed E-state index contributed by atoms with van der Waals surface area (Å²) in [5.41, 5.74) is 35.8. The Bertz CT molecular complexity index is 7360. The standard InChI is InChI=1S/C21H18ClN9O.C21H16F2N8O.C20H17Cl2FN8O.C20H17Cl2N7O/c1-10(27-19-14(7-23)18(25)28-11(2)29-19)20-30-16-5-3-4-15(22)17(16)21(32)31(20)13-6-12(24)8-26-9-13;1-10(27-19-13(8-24)18(25)28-11(2)29-19)20-30-17-15(23)6-5-14(22)16(17)21(32)31(20)12-4-3-7-26-9-12;1-8(27-18-15(22)17(25)28-9(2)29-18)19-30-16-12(5-10(23)6-13(16)21)20(32)31(19)11-3-4-14(24)26-7-11;1-10(25-18-16(22)17(23)26-11(2)27-18)19-28-14-7-3-6-13(21)15(14)20(30)29(19)12-5-4-8-24-9-12/h3-6,8-10H,24H2,1-2H3,(H3,25,27,28,29);3-7,9-10H,1-2H3,(H3,25,27,28,29);3-8H,1-2H3,(H2,24,26)(H3,25,27,28,29);3-10H,1-2H3,(H3,23,25,26,27)/t2*10-;8-;10-/m0000/s1. The summed E-state index contributed by atoms with van der Waals surface area (Å²) >= 11 is 31.3. The number of fused-ring (bicyclic) bond motifs is 4. The molecule has 0 bridgehead atoms. The Hall–Kier alpha value is -15.4. The van der Waals surface area contributed by atoms with Gasteiger partial charge >= 0.3 is 0 Å². The van der Waals surface area contributed by atoms with Crippen molar-refractivity contribution >= 4 is 160 Å². The first kappa shape index (κ1) is 88.4. The van der Waals surface area contributed by atoms with Gasteiger partial charge in [0.15, 0.2) is 23.3 Å². The molecule has 16 N–H and O–H groups in total. The second-order valence-electron chi connectivity index (χ2n) is 27.7. The van der Waals surface area contributed by atoms with Crippen LogP contribution in [0.1, 0.15) is 110 Å². The third-order valence-corrected chi connectivity index (χ3v) is 20.4. The van der Waals surface area contributed by atoms with Gasteiger partial charge in [0.1, 0.15) is 137 Å². The van der Waals surface area contributed by atoms with Crippen molar-refractivity contribution in [3.8, 4) is 34.9 Å². The monoisotopic (exact) mass is 1800 g/mol. The molecule has 0 spiro atoms. The van der Waals surface area contributed by atoms with Gasteiger partial charge in [0.05, 0.1) is 125 Å². The highest BCUT2D eigenvalue weighted by molar-refractivity contribution is 6.37. The van der Waals surface area contributed by atoms with Gasteiger partial charge in [-0.3, -0.25) is 52.4 Å². The molecule has 0 aliphatic carbocycles. The summed E-state index contributed by atoms with van der Waals surface area (Å²) < 4.78 is 48.2. The van der Waals surface area contributed by atoms with E-state index in [1.54, 1.807) is 134 Å². The highest BCUT2D eigenvalue weighted by Crippen LogP contribution is 2.35. The number of nitrogens with zero attached hydrogens (tertiary/aromatic N) is 22. The number of nitrogens with two attached hydrogens (primary N) is 6. The van der Waals surface area contributed by atoms with E-state index in [0.29, 0.717) is 90.6 Å². The molecule has 16 aromatic rings. The minimum atomic E-state index is -0.894. The van der Waals surface area contributed by atoms with E-state index in [4.69, 9.17) is 97.4 Å². The van der Waals surface area contributed by atoms with Crippen LogP contribution in [0.3, 0.4) is 0 Å². The summed E-state index contributed by atoms with van der Waals surface area (Å²) in [7, 11) is 0. The zero-order valence-corrected chi connectivity index (χ0v) is 70.9. The fourth-order valence-electron chi connectivity index (χ4n) is 13.2. The van der Waals surface area contributed by atoms with Crippen LogP contribution in [-0.2, 0) is 0 Å². The molecule has 12 aromatic heterocycles. The first-order valence-electron chi connectivity index (χ1n) is 37.4. The molecule has 0 amide bonds. The number of pyridine rings is 4. The summed E-state index contributed by atoms with van der Waals surface area (Å²) in [5.74, 6) is 1.88. The Labute approximate surface area is 735 Å². The number of halogens is 8. The van der Waals surface area contributed by atoms with Crippen LogP contribution in [0.5, 0.6) is 0 Å². The Kier molecular flexibility index (Phi) is 26.0. The van der Waals surface area contributed by atoms with Crippen LogP contribution in [0, 0.1) is 67.8 Å². The van der Waals surface area contributed by atoms with E-state index in [1.165, 1.54) is 50.8 Å². The molecule has 0 fully saturated rings. The second-order valence-corrected chi connectivity index (χ2v) is 29.6. The molecule has 0 saturated carbocycles. The van der Waals surface area contributed by atoms with Crippen molar-refractivity contribution in [1.82, 2.24) is 98.0 Å². The van der Waals surface area contributed by atoms with Crippen LogP contribution in [-0.4, -0.2) is 98.0 Å². The summed E-state index contributed by atoms with van der Waals surface area (Å²) in [4.78, 5) is 121. The van der Waals surface area contributed by atoms with Gasteiger partial charge in [-0.25, -0.2) is 78.0 Å². The molecule has 0 radical (unpaired) electrons. The lowest BCUT2D eigenvalue weighted by Crippen LogP contribution is -2.28. The van der Waals surface area contributed by atoms with Gasteiger partial charge in [-0.2, -0.15) is 10.5 Å². The molecule has 4 aromatic carbocycles. The summed E-state index contributed by atoms with van der Waals surface area (Å²) in [5, 5.41) is 32.4. The third-order valence-electron chi connectivity index (χ3n) is 18.7. The predicted molar refractivity (Wildman–Crippen MR) is 477 cm³/mol. The first-order valence-corrected chi connectivity index (χ1v) is 39.2. The minimum Gasteiger partial charge on any atom is -0.397 e. The van der Waals surface area contributed by atoms with Crippen molar-refractivity contribution in [3.63, 3.8) is 0 Å². The quantitative estimate of drug-likeness (QED) is 0.0429. The van der Waals surface area contributed by atoms with Crippen molar-refractivity contribution in [2.24, 2.45) is 0 Å². The Morgan fingerprint density at radius 1 is 0.389 bits per heavy atom. The average molecular weight is 1800 g/mol. The van der Waals surface area contributed by atoms with Crippen LogP contribution in [0.25, 0.3) is 66.4 Å². The predicted octanol–water partition coefficient (Wildman–Crippen LogP) is 13.1. The smallest absolute Gasteiger partial charge is 0.269 e. The van der Waals surface area contributed by atoms with Crippen LogP contribution in [0.4, 0.5) is 71.2 Å². The van der Waals surface area contributed by atoms with Crippen LogP contribution in [0.2, 0.25) is 25.1 Å². The zero-order valence-electron chi connectivity index (χ0n) is 67.1. The number of benzene rings is 4. The molecule has 126 heavy (non-hydrogen) atoms. The van der Waals surface area contributed by atoms with E-state index in [-0.39, 0.29) is 117 Å². The van der Waals surface area contributed by atoms with Crippen molar-refractivity contribution < 1.29 is 13.2 Å². The number of nitrogens with one attached hydrogen (secondary N) is 4.